The predicted octanol–water partition coefficient (Wildman–Crippen LogP) is 4.43. The van der Waals surface area contributed by atoms with E-state index in [0.29, 0.717) is 56.6 Å². The van der Waals surface area contributed by atoms with Crippen molar-refractivity contribution in [2.24, 2.45) is 28.2 Å². The van der Waals surface area contributed by atoms with Crippen LogP contribution in [0.3, 0.4) is 0 Å². The monoisotopic (exact) mass is 799 g/mol. The summed E-state index contributed by atoms with van der Waals surface area (Å²) >= 11 is 1.60. The number of methoxy groups -OCH3 is 1. The third-order valence-corrected chi connectivity index (χ3v) is 12.8. The number of nitrogens with one attached hydrogen (secondary N) is 3. The third kappa shape index (κ3) is 12.2. The van der Waals surface area contributed by atoms with Crippen molar-refractivity contribution in [1.82, 2.24) is 20.9 Å². The van der Waals surface area contributed by atoms with Gasteiger partial charge in [0.15, 0.2) is 0 Å². The smallest absolute Gasteiger partial charge is 0.329 e. The fourth-order valence-corrected chi connectivity index (χ4v) is 8.69. The molecule has 0 aliphatic carbocycles. The molecule has 312 valence electrons. The first-order valence-electron chi connectivity index (χ1n) is 20.3. The Labute approximate surface area is 337 Å². The molecule has 4 N–H and O–H groups in total. The molecule has 0 radical (unpaired) electrons. The molecule has 3 aliphatic heterocycles. The Bertz CT molecular complexity index is 1560. The number of hydrogen-bond donors (Lipinski definition) is 4. The van der Waals surface area contributed by atoms with E-state index in [-0.39, 0.29) is 48.5 Å². The zero-order valence-electron chi connectivity index (χ0n) is 34.8. The molecule has 1 fully saturated rings. The number of nitrogens with zero attached hydrogens (tertiary/aromatic N) is 2. The lowest BCUT2D eigenvalue weighted by molar-refractivity contribution is -0.164. The van der Waals surface area contributed by atoms with Gasteiger partial charge in [-0.25, -0.2) is 4.79 Å². The maximum atomic E-state index is 14.2. The molecule has 1 aromatic carbocycles. The van der Waals surface area contributed by atoms with Gasteiger partial charge in [-0.05, 0) is 74.0 Å². The van der Waals surface area contributed by atoms with Crippen LogP contribution in [0.25, 0.3) is 0 Å². The molecule has 0 spiro atoms. The quantitative estimate of drug-likeness (QED) is 0.314. The van der Waals surface area contributed by atoms with E-state index in [0.717, 1.165) is 10.6 Å². The van der Waals surface area contributed by atoms with E-state index in [4.69, 9.17) is 14.5 Å². The maximum absolute atomic E-state index is 14.2. The van der Waals surface area contributed by atoms with Crippen LogP contribution in [0.1, 0.15) is 106 Å². The molecule has 4 rings (SSSR count). The van der Waals surface area contributed by atoms with E-state index in [1.807, 2.05) is 60.6 Å². The number of aliphatic hydroxyl groups excluding tert-OH is 1. The molecule has 1 saturated heterocycles. The number of carbonyl (C=O) groups is 5. The minimum atomic E-state index is -1.04. The van der Waals surface area contributed by atoms with Crippen LogP contribution >= 0.6 is 11.8 Å². The molecule has 2 bridgehead atoms. The van der Waals surface area contributed by atoms with E-state index in [2.05, 4.69) is 16.0 Å². The molecule has 10 atom stereocenters. The number of amides is 4. The highest BCUT2D eigenvalue weighted by Crippen LogP contribution is 2.34. The van der Waals surface area contributed by atoms with Crippen LogP contribution < -0.4 is 20.7 Å². The van der Waals surface area contributed by atoms with Gasteiger partial charge in [0, 0.05) is 31.1 Å². The minimum absolute atomic E-state index is 0.0147. The third-order valence-electron chi connectivity index (χ3n) is 11.5. The topological polar surface area (TPSA) is 176 Å². The summed E-state index contributed by atoms with van der Waals surface area (Å²) in [5.74, 6) is -1.37. The van der Waals surface area contributed by atoms with Gasteiger partial charge in [0.05, 0.1) is 24.3 Å². The Kier molecular flexibility index (Phi) is 16.2. The zero-order valence-corrected chi connectivity index (χ0v) is 35.6. The van der Waals surface area contributed by atoms with Crippen molar-refractivity contribution in [3.8, 4) is 5.75 Å². The maximum Gasteiger partial charge on any atom is 0.329 e. The van der Waals surface area contributed by atoms with Gasteiger partial charge in [0.25, 0.3) is 0 Å². The second-order valence-corrected chi connectivity index (χ2v) is 18.2. The number of carbonyl (C=O) groups excluding carboxylic acids is 5. The van der Waals surface area contributed by atoms with Crippen molar-refractivity contribution in [3.63, 3.8) is 0 Å². The number of rotatable bonds is 5. The fraction of sp³-hybridized carbons (Fsp3) is 0.714. The van der Waals surface area contributed by atoms with Crippen molar-refractivity contribution in [1.29, 1.82) is 0 Å². The van der Waals surface area contributed by atoms with E-state index in [9.17, 15) is 29.1 Å². The first-order chi connectivity index (χ1) is 26.4. The highest BCUT2D eigenvalue weighted by atomic mass is 32.2. The number of thioether (sulfide) groups is 1. The Morgan fingerprint density at radius 1 is 1.00 bits per heavy atom. The van der Waals surface area contributed by atoms with Crippen molar-refractivity contribution in [3.05, 3.63) is 29.8 Å². The standard InChI is InChI=1S/C42H65N5O8S/c1-10-25(3)36-40(52)47-19-11-12-32(47)41(53)55-34(42(6,7)8)21-24(2)20-33(48)26(4)39-44-29(23-56-39)15-18-35(49)45-31(38(51)43-27(5)37(50)46-36)22-28-13-16-30(54-9)17-14-28/h13-14,16-17,24-27,29,31-34,36,48H,10-12,15,18-23H2,1-9H3,(H,43,51)(H,45,49)(H,46,50). The van der Waals surface area contributed by atoms with Gasteiger partial charge in [0.1, 0.15) is 36.0 Å². The Morgan fingerprint density at radius 2 is 1.70 bits per heavy atom. The SMILES string of the molecule is CCC(C)C1NC(=O)C(C)NC(=O)C(Cc2ccc(OC)cc2)NC(=O)CCC2CSC(=N2)C(C)C(O)CC(C)CC(C(C)(C)C)OC(=O)C2CCCN2C1=O. The van der Waals surface area contributed by atoms with Gasteiger partial charge < -0.3 is 35.4 Å². The summed E-state index contributed by atoms with van der Waals surface area (Å²) in [6.45, 7) is 15.8. The molecule has 56 heavy (non-hydrogen) atoms. The van der Waals surface area contributed by atoms with Crippen LogP contribution in [-0.2, 0) is 35.1 Å². The van der Waals surface area contributed by atoms with Crippen LogP contribution in [0.15, 0.2) is 29.3 Å². The van der Waals surface area contributed by atoms with Crippen LogP contribution in [0.2, 0.25) is 0 Å². The second-order valence-electron chi connectivity index (χ2n) is 17.2. The average Bonchev–Trinajstić information content (AvgIpc) is 3.85. The molecule has 3 aliphatic rings. The van der Waals surface area contributed by atoms with Crippen LogP contribution in [-0.4, -0.2) is 106 Å². The number of fused-ring (bicyclic) bond motifs is 2. The summed E-state index contributed by atoms with van der Waals surface area (Å²) in [5.41, 5.74) is 0.384. The molecule has 1 aromatic rings. The van der Waals surface area contributed by atoms with Gasteiger partial charge in [0.2, 0.25) is 23.6 Å². The number of benzene rings is 1. The number of cyclic esters (lactones) is 1. The average molecular weight is 800 g/mol. The number of esters is 1. The van der Waals surface area contributed by atoms with E-state index in [1.165, 1.54) is 4.90 Å². The van der Waals surface area contributed by atoms with Crippen LogP contribution in [0.5, 0.6) is 5.75 Å². The molecule has 0 aromatic heterocycles. The summed E-state index contributed by atoms with van der Waals surface area (Å²) < 4.78 is 11.5. The van der Waals surface area contributed by atoms with Gasteiger partial charge >= 0.3 is 5.97 Å². The van der Waals surface area contributed by atoms with Crippen LogP contribution in [0.4, 0.5) is 0 Å². The molecule has 3 heterocycles. The van der Waals surface area contributed by atoms with Gasteiger partial charge in [-0.2, -0.15) is 0 Å². The molecule has 4 amide bonds. The zero-order chi connectivity index (χ0) is 41.3. The molecule has 14 heteroatoms. The molecular formula is C42H65N5O8S. The minimum Gasteiger partial charge on any atom is -0.497 e. The summed E-state index contributed by atoms with van der Waals surface area (Å²) in [6, 6.07) is 3.31. The summed E-state index contributed by atoms with van der Waals surface area (Å²) in [4.78, 5) is 75.5. The van der Waals surface area contributed by atoms with Gasteiger partial charge in [-0.1, -0.05) is 67.0 Å². The lowest BCUT2D eigenvalue weighted by Crippen LogP contribution is -2.59. The number of hydrogen-bond acceptors (Lipinski definition) is 10. The van der Waals surface area contributed by atoms with Gasteiger partial charge in [-0.15, -0.1) is 11.8 Å². The Balaban J connectivity index is 1.63. The van der Waals surface area contributed by atoms with E-state index < -0.39 is 59.6 Å². The predicted molar refractivity (Wildman–Crippen MR) is 218 cm³/mol. The van der Waals surface area contributed by atoms with Crippen LogP contribution in [0, 0.1) is 23.2 Å². The summed E-state index contributed by atoms with van der Waals surface area (Å²) in [7, 11) is 1.56. The molecule has 0 saturated carbocycles. The molecule has 10 unspecified atom stereocenters. The van der Waals surface area contributed by atoms with Crippen molar-refractivity contribution >= 4 is 46.4 Å². The lowest BCUT2D eigenvalue weighted by atomic mass is 9.81. The first-order valence-corrected chi connectivity index (χ1v) is 21.3. The van der Waals surface area contributed by atoms with E-state index in [1.54, 1.807) is 37.9 Å². The molecule has 13 nitrogen and oxygen atoms in total. The lowest BCUT2D eigenvalue weighted by Gasteiger charge is -2.36. The highest BCUT2D eigenvalue weighted by molar-refractivity contribution is 8.14. The second kappa shape index (κ2) is 20.2. The van der Waals surface area contributed by atoms with E-state index >= 15 is 0 Å². The number of aliphatic imine (C=N–C) groups is 1. The Morgan fingerprint density at radius 3 is 2.34 bits per heavy atom. The van der Waals surface area contributed by atoms with Crippen molar-refractivity contribution in [2.45, 2.75) is 149 Å². The normalized spacial score (nSPS) is 31.5. The van der Waals surface area contributed by atoms with Gasteiger partial charge in [-0.3, -0.25) is 24.2 Å². The largest absolute Gasteiger partial charge is 0.497 e. The molecular weight excluding hydrogens is 735 g/mol. The first kappa shape index (κ1) is 45.1. The number of ether oxygens (including phenoxy) is 2. The van der Waals surface area contributed by atoms with Crippen molar-refractivity contribution in [2.75, 3.05) is 19.4 Å². The summed E-state index contributed by atoms with van der Waals surface area (Å²) in [6.07, 6.45) is 2.31. The Hall–Kier alpha value is -3.65. The fourth-order valence-electron chi connectivity index (χ4n) is 7.44. The van der Waals surface area contributed by atoms with Crippen molar-refractivity contribution < 1.29 is 38.6 Å². The number of aliphatic hydroxyl groups is 1. The summed E-state index contributed by atoms with van der Waals surface area (Å²) in [5, 5.41) is 20.7. The highest BCUT2D eigenvalue weighted by Gasteiger charge is 2.42.